The molecule has 1 atom stereocenters. The van der Waals surface area contributed by atoms with Crippen LogP contribution in [0.1, 0.15) is 23.1 Å². The van der Waals surface area contributed by atoms with Crippen LogP contribution in [-0.2, 0) is 29.3 Å². The Labute approximate surface area is 299 Å². The van der Waals surface area contributed by atoms with Gasteiger partial charge >= 0.3 is 5.97 Å². The van der Waals surface area contributed by atoms with Crippen LogP contribution < -0.4 is 25.3 Å². The van der Waals surface area contributed by atoms with E-state index in [9.17, 15) is 19.9 Å². The van der Waals surface area contributed by atoms with E-state index in [2.05, 4.69) is 15.4 Å². The maximum absolute atomic E-state index is 15.9. The van der Waals surface area contributed by atoms with Crippen molar-refractivity contribution in [3.8, 4) is 28.4 Å². The van der Waals surface area contributed by atoms with Crippen LogP contribution in [0.25, 0.3) is 11.1 Å². The lowest BCUT2D eigenvalue weighted by Gasteiger charge is -2.26. The summed E-state index contributed by atoms with van der Waals surface area (Å²) < 4.78 is 39.4. The van der Waals surface area contributed by atoms with E-state index >= 15 is 4.39 Å². The third kappa shape index (κ3) is 10.4. The molecule has 5 rings (SSSR count). The maximum Gasteiger partial charge on any atom is 0.323 e. The van der Waals surface area contributed by atoms with Gasteiger partial charge in [-0.2, -0.15) is 0 Å². The highest BCUT2D eigenvalue weighted by Gasteiger charge is 2.19. The van der Waals surface area contributed by atoms with Gasteiger partial charge in [0, 0.05) is 48.9 Å². The van der Waals surface area contributed by atoms with Crippen molar-refractivity contribution in [3.05, 3.63) is 105 Å². The molecule has 270 valence electrons. The SMILES string of the molecule is Nc1cc(COc2cc(OCc3cccc(-c4cccc(OCCCN5CCOCC5)c4)c3F)c(Cl)cc2CNC(CO)C(=O)O)ccc1N=O. The molecule has 0 aliphatic carbocycles. The fraction of sp³-hybridized carbons (Fsp3) is 0.324. The highest BCUT2D eigenvalue weighted by Crippen LogP contribution is 2.35. The number of nitrogens with zero attached hydrogens (tertiary/aromatic N) is 2. The Morgan fingerprint density at radius 1 is 1.00 bits per heavy atom. The largest absolute Gasteiger partial charge is 0.494 e. The number of nitroso groups, excluding NO2 is 1. The number of aliphatic hydroxyl groups excluding tert-OH is 1. The fourth-order valence-corrected chi connectivity index (χ4v) is 5.73. The van der Waals surface area contributed by atoms with E-state index in [1.807, 2.05) is 24.3 Å². The molecule has 51 heavy (non-hydrogen) atoms. The molecule has 1 fully saturated rings. The van der Waals surface area contributed by atoms with Crippen LogP contribution in [0, 0.1) is 10.7 Å². The van der Waals surface area contributed by atoms with Gasteiger partial charge in [-0.25, -0.2) is 4.39 Å². The van der Waals surface area contributed by atoms with E-state index in [0.717, 1.165) is 39.3 Å². The van der Waals surface area contributed by atoms with Crippen LogP contribution >= 0.6 is 11.6 Å². The zero-order chi connectivity index (χ0) is 36.2. The molecule has 5 N–H and O–H groups in total. The molecule has 0 aromatic heterocycles. The van der Waals surface area contributed by atoms with Crippen molar-refractivity contribution < 1.29 is 38.3 Å². The number of nitrogen functional groups attached to an aromatic ring is 1. The Morgan fingerprint density at radius 3 is 2.53 bits per heavy atom. The van der Waals surface area contributed by atoms with Crippen molar-refractivity contribution in [2.24, 2.45) is 5.18 Å². The number of carbonyl (C=O) groups is 1. The average molecular weight is 723 g/mol. The Hall–Kier alpha value is -4.79. The molecule has 1 unspecified atom stereocenters. The number of rotatable bonds is 18. The van der Waals surface area contributed by atoms with E-state index in [1.165, 1.54) is 12.1 Å². The number of hydrogen-bond acceptors (Lipinski definition) is 11. The van der Waals surface area contributed by atoms with Crippen molar-refractivity contribution in [1.82, 2.24) is 10.2 Å². The molecule has 0 amide bonds. The van der Waals surface area contributed by atoms with Gasteiger partial charge in [0.25, 0.3) is 0 Å². The van der Waals surface area contributed by atoms with Crippen molar-refractivity contribution in [3.63, 3.8) is 0 Å². The van der Waals surface area contributed by atoms with Crippen molar-refractivity contribution in [1.29, 1.82) is 0 Å². The lowest BCUT2D eigenvalue weighted by atomic mass is 10.0. The topological polar surface area (TPSA) is 165 Å². The molecule has 14 heteroatoms. The molecule has 1 heterocycles. The zero-order valence-electron chi connectivity index (χ0n) is 27.9. The lowest BCUT2D eigenvalue weighted by molar-refractivity contribution is -0.140. The first kappa shape index (κ1) is 37.5. The smallest absolute Gasteiger partial charge is 0.323 e. The molecule has 4 aromatic carbocycles. The zero-order valence-corrected chi connectivity index (χ0v) is 28.6. The number of nitrogens with one attached hydrogen (secondary N) is 1. The van der Waals surface area contributed by atoms with Gasteiger partial charge in [0.2, 0.25) is 0 Å². The van der Waals surface area contributed by atoms with Gasteiger partial charge in [0.1, 0.15) is 48.0 Å². The van der Waals surface area contributed by atoms with Gasteiger partial charge in [-0.15, -0.1) is 4.91 Å². The third-order valence-electron chi connectivity index (χ3n) is 8.32. The second kappa shape index (κ2) is 18.4. The number of carboxylic acids is 1. The van der Waals surface area contributed by atoms with Crippen LogP contribution in [0.2, 0.25) is 5.02 Å². The molecule has 1 aliphatic rings. The molecule has 0 saturated carbocycles. The fourth-order valence-electron chi connectivity index (χ4n) is 5.49. The summed E-state index contributed by atoms with van der Waals surface area (Å²) in [7, 11) is 0. The summed E-state index contributed by atoms with van der Waals surface area (Å²) in [5.74, 6) is -0.545. The molecule has 0 radical (unpaired) electrons. The number of halogens is 2. The third-order valence-corrected chi connectivity index (χ3v) is 8.61. The number of hydrogen-bond donors (Lipinski definition) is 4. The second-order valence-corrected chi connectivity index (χ2v) is 12.3. The van der Waals surface area contributed by atoms with Crippen molar-refractivity contribution >= 4 is 28.9 Å². The normalized spacial score (nSPS) is 13.8. The number of nitrogens with two attached hydrogens (primary N) is 1. The Bertz CT molecular complexity index is 1810. The van der Waals surface area contributed by atoms with E-state index in [1.54, 1.807) is 36.4 Å². The van der Waals surface area contributed by atoms with Gasteiger partial charge in [0.05, 0.1) is 37.1 Å². The number of aliphatic carboxylic acids is 1. The first-order chi connectivity index (χ1) is 24.7. The predicted octanol–water partition coefficient (Wildman–Crippen LogP) is 5.92. The van der Waals surface area contributed by atoms with Crippen LogP contribution in [0.5, 0.6) is 17.2 Å². The number of carboxylic acid groups (broad SMARTS) is 1. The van der Waals surface area contributed by atoms with Gasteiger partial charge in [-0.3, -0.25) is 15.0 Å². The molecule has 4 aromatic rings. The summed E-state index contributed by atoms with van der Waals surface area (Å²) >= 11 is 6.58. The predicted molar refractivity (Wildman–Crippen MR) is 191 cm³/mol. The van der Waals surface area contributed by atoms with Gasteiger partial charge in [-0.1, -0.05) is 48.0 Å². The monoisotopic (exact) mass is 722 g/mol. The van der Waals surface area contributed by atoms with Gasteiger partial charge in [0.15, 0.2) is 0 Å². The first-order valence-corrected chi connectivity index (χ1v) is 16.8. The lowest BCUT2D eigenvalue weighted by Crippen LogP contribution is -2.39. The summed E-state index contributed by atoms with van der Waals surface area (Å²) in [6, 6.07) is 18.9. The van der Waals surface area contributed by atoms with E-state index in [0.29, 0.717) is 40.2 Å². The summed E-state index contributed by atoms with van der Waals surface area (Å²) in [6.45, 7) is 4.03. The van der Waals surface area contributed by atoms with Crippen LogP contribution in [-0.4, -0.2) is 73.2 Å². The summed E-state index contributed by atoms with van der Waals surface area (Å²) in [5.41, 5.74) is 8.62. The molecule has 0 bridgehead atoms. The molecular weight excluding hydrogens is 683 g/mol. The molecule has 0 spiro atoms. The van der Waals surface area contributed by atoms with Gasteiger partial charge in [-0.05, 0) is 53.1 Å². The minimum Gasteiger partial charge on any atom is -0.494 e. The molecule has 12 nitrogen and oxygen atoms in total. The van der Waals surface area contributed by atoms with Crippen LogP contribution in [0.3, 0.4) is 0 Å². The second-order valence-electron chi connectivity index (χ2n) is 11.9. The van der Waals surface area contributed by atoms with Crippen LogP contribution in [0.15, 0.2) is 78.0 Å². The van der Waals surface area contributed by atoms with Gasteiger partial charge < -0.3 is 34.9 Å². The highest BCUT2D eigenvalue weighted by atomic mass is 35.5. The number of morpholine rings is 1. The van der Waals surface area contributed by atoms with Crippen molar-refractivity contribution in [2.75, 3.05) is 51.8 Å². The number of aliphatic hydroxyl groups is 1. The quantitative estimate of drug-likeness (QED) is 0.0547. The Morgan fingerprint density at radius 2 is 1.78 bits per heavy atom. The molecule has 1 saturated heterocycles. The number of ether oxygens (including phenoxy) is 4. The minimum absolute atomic E-state index is 0.0175. The molecule has 1 aliphatic heterocycles. The van der Waals surface area contributed by atoms with Crippen LogP contribution in [0.4, 0.5) is 15.8 Å². The maximum atomic E-state index is 15.9. The summed E-state index contributed by atoms with van der Waals surface area (Å²) in [4.78, 5) is 24.7. The first-order valence-electron chi connectivity index (χ1n) is 16.4. The summed E-state index contributed by atoms with van der Waals surface area (Å²) in [5, 5.41) is 24.6. The summed E-state index contributed by atoms with van der Waals surface area (Å²) in [6.07, 6.45) is 0.866. The average Bonchev–Trinajstić information content (AvgIpc) is 3.13. The van der Waals surface area contributed by atoms with E-state index in [-0.39, 0.29) is 47.7 Å². The molecular formula is C37H40ClFN4O8. The minimum atomic E-state index is -1.23. The standard InChI is InChI=1S/C37H40ClFN4O8/c38-30-18-27(20-41-33(21-44)37(45)46)34(50-22-24-8-9-32(42-47)31(40)16-24)19-35(30)51-23-26-5-2-7-29(36(26)39)25-4-1-6-28(17-25)49-13-3-10-43-11-14-48-15-12-43/h1-2,4-9,16-19,33,41,44H,3,10-15,20-23,40H2,(H,45,46). The highest BCUT2D eigenvalue weighted by molar-refractivity contribution is 6.32. The van der Waals surface area contributed by atoms with E-state index < -0.39 is 24.4 Å². The van der Waals surface area contributed by atoms with Crippen molar-refractivity contribution in [2.45, 2.75) is 32.2 Å². The Kier molecular flexibility index (Phi) is 13.6. The van der Waals surface area contributed by atoms with E-state index in [4.69, 9.17) is 36.3 Å². The Balaban J connectivity index is 1.28. The number of anilines is 1. The number of benzene rings is 4.